The molecule has 1 aromatic rings. The number of para-hydroxylation sites is 2. The Hall–Kier alpha value is -1.27. The second-order valence-electron chi connectivity index (χ2n) is 4.73. The standard InChI is InChI=1S/C15H24O5S/c1-3-4-5-8-11-18-14-9-6-7-10-15(14)19-12-13-20-21(2,16)17/h6-7,9-10H,3-5,8,11-13H2,1-2H3. The topological polar surface area (TPSA) is 61.8 Å². The van der Waals surface area contributed by atoms with Crippen LogP contribution in [0.15, 0.2) is 24.3 Å². The molecule has 0 fully saturated rings. The van der Waals surface area contributed by atoms with Crippen LogP contribution in [0.4, 0.5) is 0 Å². The van der Waals surface area contributed by atoms with Crippen LogP contribution >= 0.6 is 0 Å². The van der Waals surface area contributed by atoms with Gasteiger partial charge in [-0.15, -0.1) is 0 Å². The molecule has 0 radical (unpaired) electrons. The number of unbranched alkanes of at least 4 members (excludes halogenated alkanes) is 3. The number of benzene rings is 1. The van der Waals surface area contributed by atoms with Crippen molar-refractivity contribution in [3.05, 3.63) is 24.3 Å². The molecular formula is C15H24O5S. The molecule has 1 rings (SSSR count). The van der Waals surface area contributed by atoms with E-state index in [2.05, 4.69) is 11.1 Å². The lowest BCUT2D eigenvalue weighted by Crippen LogP contribution is -2.11. The van der Waals surface area contributed by atoms with E-state index in [1.54, 1.807) is 6.07 Å². The molecule has 1 aromatic carbocycles. The highest BCUT2D eigenvalue weighted by molar-refractivity contribution is 7.85. The Morgan fingerprint density at radius 3 is 2.10 bits per heavy atom. The van der Waals surface area contributed by atoms with Crippen LogP contribution in [0, 0.1) is 0 Å². The Morgan fingerprint density at radius 1 is 0.905 bits per heavy atom. The van der Waals surface area contributed by atoms with Crippen molar-refractivity contribution in [2.45, 2.75) is 32.6 Å². The van der Waals surface area contributed by atoms with Gasteiger partial charge in [0.05, 0.1) is 12.9 Å². The first-order chi connectivity index (χ1) is 10.0. The summed E-state index contributed by atoms with van der Waals surface area (Å²) in [5.74, 6) is 1.28. The maximum Gasteiger partial charge on any atom is 0.264 e. The van der Waals surface area contributed by atoms with Crippen LogP contribution in [0.2, 0.25) is 0 Å². The van der Waals surface area contributed by atoms with Gasteiger partial charge in [0.2, 0.25) is 0 Å². The quantitative estimate of drug-likeness (QED) is 0.464. The first-order valence-corrected chi connectivity index (χ1v) is 9.03. The monoisotopic (exact) mass is 316 g/mol. The van der Waals surface area contributed by atoms with E-state index in [1.807, 2.05) is 18.2 Å². The van der Waals surface area contributed by atoms with E-state index in [9.17, 15) is 8.42 Å². The molecule has 0 N–H and O–H groups in total. The predicted octanol–water partition coefficient (Wildman–Crippen LogP) is 3.00. The van der Waals surface area contributed by atoms with Crippen molar-refractivity contribution < 1.29 is 22.1 Å². The molecule has 0 spiro atoms. The third kappa shape index (κ3) is 8.57. The van der Waals surface area contributed by atoms with Gasteiger partial charge in [-0.05, 0) is 18.6 Å². The minimum absolute atomic E-state index is 0.0103. The zero-order valence-corrected chi connectivity index (χ0v) is 13.5. The molecule has 0 aliphatic rings. The second-order valence-corrected chi connectivity index (χ2v) is 6.37. The van der Waals surface area contributed by atoms with Crippen molar-refractivity contribution in [3.8, 4) is 11.5 Å². The zero-order valence-electron chi connectivity index (χ0n) is 12.7. The van der Waals surface area contributed by atoms with Gasteiger partial charge in [0, 0.05) is 0 Å². The van der Waals surface area contributed by atoms with Crippen LogP contribution in [0.5, 0.6) is 11.5 Å². The van der Waals surface area contributed by atoms with E-state index < -0.39 is 10.1 Å². The van der Waals surface area contributed by atoms with E-state index in [4.69, 9.17) is 9.47 Å². The van der Waals surface area contributed by atoms with E-state index in [1.165, 1.54) is 12.8 Å². The molecule has 120 valence electrons. The maximum atomic E-state index is 10.8. The van der Waals surface area contributed by atoms with Gasteiger partial charge in [0.25, 0.3) is 10.1 Å². The summed E-state index contributed by atoms with van der Waals surface area (Å²) in [5, 5.41) is 0. The van der Waals surface area contributed by atoms with Crippen molar-refractivity contribution >= 4 is 10.1 Å². The van der Waals surface area contributed by atoms with Crippen LogP contribution in [-0.2, 0) is 14.3 Å². The van der Waals surface area contributed by atoms with Crippen molar-refractivity contribution in [2.75, 3.05) is 26.1 Å². The van der Waals surface area contributed by atoms with E-state index in [-0.39, 0.29) is 13.2 Å². The molecule has 21 heavy (non-hydrogen) atoms. The highest BCUT2D eigenvalue weighted by Gasteiger charge is 2.05. The number of rotatable bonds is 11. The molecule has 0 bridgehead atoms. The molecular weight excluding hydrogens is 292 g/mol. The maximum absolute atomic E-state index is 10.8. The van der Waals surface area contributed by atoms with Crippen molar-refractivity contribution in [1.29, 1.82) is 0 Å². The van der Waals surface area contributed by atoms with Crippen molar-refractivity contribution in [1.82, 2.24) is 0 Å². The number of ether oxygens (including phenoxy) is 2. The molecule has 0 unspecified atom stereocenters. The average molecular weight is 316 g/mol. The molecule has 0 heterocycles. The zero-order chi connectivity index (χ0) is 15.6. The van der Waals surface area contributed by atoms with Crippen LogP contribution in [0.25, 0.3) is 0 Å². The lowest BCUT2D eigenvalue weighted by molar-refractivity contribution is 0.211. The Morgan fingerprint density at radius 2 is 1.52 bits per heavy atom. The van der Waals surface area contributed by atoms with E-state index in [0.29, 0.717) is 18.1 Å². The Kier molecular flexibility index (Phi) is 8.15. The van der Waals surface area contributed by atoms with E-state index in [0.717, 1.165) is 19.1 Å². The summed E-state index contributed by atoms with van der Waals surface area (Å²) >= 11 is 0. The molecule has 0 saturated carbocycles. The van der Waals surface area contributed by atoms with Gasteiger partial charge >= 0.3 is 0 Å². The first-order valence-electron chi connectivity index (χ1n) is 7.22. The molecule has 6 heteroatoms. The normalized spacial score (nSPS) is 11.3. The fourth-order valence-electron chi connectivity index (χ4n) is 1.74. The van der Waals surface area contributed by atoms with Gasteiger partial charge in [0.1, 0.15) is 13.2 Å². The Labute approximate surface area is 127 Å². The van der Waals surface area contributed by atoms with Crippen molar-refractivity contribution in [3.63, 3.8) is 0 Å². The van der Waals surface area contributed by atoms with Crippen LogP contribution in [0.3, 0.4) is 0 Å². The lowest BCUT2D eigenvalue weighted by atomic mass is 10.2. The summed E-state index contributed by atoms with van der Waals surface area (Å²) < 4.78 is 37.5. The van der Waals surface area contributed by atoms with Crippen LogP contribution < -0.4 is 9.47 Å². The summed E-state index contributed by atoms with van der Waals surface area (Å²) in [6, 6.07) is 7.35. The number of hydrogen-bond acceptors (Lipinski definition) is 5. The van der Waals surface area contributed by atoms with Crippen molar-refractivity contribution in [2.24, 2.45) is 0 Å². The fourth-order valence-corrected chi connectivity index (χ4v) is 2.11. The Balaban J connectivity index is 2.36. The molecule has 0 aromatic heterocycles. The molecule has 0 saturated heterocycles. The second kappa shape index (κ2) is 9.63. The van der Waals surface area contributed by atoms with Gasteiger partial charge < -0.3 is 9.47 Å². The third-order valence-corrected chi connectivity index (χ3v) is 3.34. The summed E-state index contributed by atoms with van der Waals surface area (Å²) in [7, 11) is -3.42. The van der Waals surface area contributed by atoms with Crippen LogP contribution in [0.1, 0.15) is 32.6 Å². The third-order valence-electron chi connectivity index (χ3n) is 2.74. The molecule has 0 atom stereocenters. The highest BCUT2D eigenvalue weighted by Crippen LogP contribution is 2.26. The minimum Gasteiger partial charge on any atom is -0.490 e. The number of hydrogen-bond donors (Lipinski definition) is 0. The van der Waals surface area contributed by atoms with Gasteiger partial charge in [-0.2, -0.15) is 8.42 Å². The largest absolute Gasteiger partial charge is 0.490 e. The summed E-state index contributed by atoms with van der Waals surface area (Å²) in [4.78, 5) is 0. The summed E-state index contributed by atoms with van der Waals surface area (Å²) in [6.07, 6.45) is 5.59. The van der Waals surface area contributed by atoms with Gasteiger partial charge in [-0.25, -0.2) is 0 Å². The SMILES string of the molecule is CCCCCCOc1ccccc1OCCOS(C)(=O)=O. The van der Waals surface area contributed by atoms with Gasteiger partial charge in [0.15, 0.2) is 11.5 Å². The van der Waals surface area contributed by atoms with E-state index >= 15 is 0 Å². The van der Waals surface area contributed by atoms with Gasteiger partial charge in [-0.3, -0.25) is 4.18 Å². The molecule has 5 nitrogen and oxygen atoms in total. The predicted molar refractivity (Wildman–Crippen MR) is 82.4 cm³/mol. The van der Waals surface area contributed by atoms with Gasteiger partial charge in [-0.1, -0.05) is 38.3 Å². The molecule has 0 amide bonds. The minimum atomic E-state index is -3.42. The summed E-state index contributed by atoms with van der Waals surface area (Å²) in [6.45, 7) is 2.97. The van der Waals surface area contributed by atoms with Crippen LogP contribution in [-0.4, -0.2) is 34.5 Å². The highest BCUT2D eigenvalue weighted by atomic mass is 32.2. The first kappa shape index (κ1) is 17.8. The Bertz CT molecular complexity index is 499. The molecule has 0 aliphatic carbocycles. The lowest BCUT2D eigenvalue weighted by Gasteiger charge is -2.12. The fraction of sp³-hybridized carbons (Fsp3) is 0.600. The molecule has 0 aliphatic heterocycles. The summed E-state index contributed by atoms with van der Waals surface area (Å²) in [5.41, 5.74) is 0. The smallest absolute Gasteiger partial charge is 0.264 e. The average Bonchev–Trinajstić information content (AvgIpc) is 2.43.